The van der Waals surface area contributed by atoms with E-state index in [0.29, 0.717) is 0 Å². The quantitative estimate of drug-likeness (QED) is 0.797. The Morgan fingerprint density at radius 2 is 2.05 bits per heavy atom. The molecule has 0 aliphatic rings. The molecule has 0 amide bonds. The summed E-state index contributed by atoms with van der Waals surface area (Å²) in [6.07, 6.45) is 3.51. The molecule has 0 bridgehead atoms. The van der Waals surface area contributed by atoms with Crippen LogP contribution in [0.2, 0.25) is 0 Å². The Morgan fingerprint density at radius 3 is 2.76 bits per heavy atom. The largest absolute Gasteiger partial charge is 0.377 e. The monoisotopic (exact) mass is 279 g/mol. The molecule has 0 aliphatic heterocycles. The van der Waals surface area contributed by atoms with Gasteiger partial charge in [-0.25, -0.2) is 0 Å². The Balaban J connectivity index is 1.82. The van der Waals surface area contributed by atoms with E-state index in [4.69, 9.17) is 0 Å². The van der Waals surface area contributed by atoms with Crippen molar-refractivity contribution in [3.8, 4) is 11.4 Å². The molecule has 1 N–H and O–H groups in total. The summed E-state index contributed by atoms with van der Waals surface area (Å²) in [7, 11) is 1.94. The van der Waals surface area contributed by atoms with Gasteiger partial charge in [0, 0.05) is 24.5 Å². The van der Waals surface area contributed by atoms with Gasteiger partial charge in [-0.2, -0.15) is 0 Å². The fourth-order valence-electron chi connectivity index (χ4n) is 2.25. The highest BCUT2D eigenvalue weighted by Gasteiger charge is 2.08. The Labute approximate surface area is 123 Å². The van der Waals surface area contributed by atoms with Gasteiger partial charge in [0.25, 0.3) is 0 Å². The minimum absolute atomic E-state index is 0.140. The van der Waals surface area contributed by atoms with E-state index < -0.39 is 0 Å². The molecule has 1 aromatic carbocycles. The molecular formula is C16H17N5. The van der Waals surface area contributed by atoms with Crippen LogP contribution in [0.5, 0.6) is 0 Å². The first-order valence-corrected chi connectivity index (χ1v) is 6.86. The molecule has 5 nitrogen and oxygen atoms in total. The highest BCUT2D eigenvalue weighted by atomic mass is 15.2. The van der Waals surface area contributed by atoms with Crippen molar-refractivity contribution in [1.29, 1.82) is 0 Å². The van der Waals surface area contributed by atoms with Crippen LogP contribution in [0, 0.1) is 0 Å². The first-order chi connectivity index (χ1) is 10.2. The molecule has 5 heteroatoms. The van der Waals surface area contributed by atoms with Crippen LogP contribution < -0.4 is 5.32 Å². The van der Waals surface area contributed by atoms with Crippen LogP contribution >= 0.6 is 0 Å². The van der Waals surface area contributed by atoms with E-state index in [1.54, 1.807) is 6.33 Å². The van der Waals surface area contributed by atoms with Crippen molar-refractivity contribution in [3.63, 3.8) is 0 Å². The van der Waals surface area contributed by atoms with Crippen LogP contribution in [0.3, 0.4) is 0 Å². The zero-order valence-corrected chi connectivity index (χ0v) is 12.1. The molecule has 21 heavy (non-hydrogen) atoms. The number of hydrogen-bond acceptors (Lipinski definition) is 4. The number of anilines is 1. The molecule has 0 spiro atoms. The zero-order valence-electron chi connectivity index (χ0n) is 12.1. The van der Waals surface area contributed by atoms with Crippen molar-refractivity contribution >= 4 is 5.69 Å². The molecule has 106 valence electrons. The Bertz CT molecular complexity index is 720. The number of benzene rings is 1. The van der Waals surface area contributed by atoms with Gasteiger partial charge in [-0.3, -0.25) is 4.98 Å². The van der Waals surface area contributed by atoms with Gasteiger partial charge < -0.3 is 9.88 Å². The van der Waals surface area contributed by atoms with Crippen molar-refractivity contribution in [2.24, 2.45) is 7.05 Å². The van der Waals surface area contributed by atoms with Crippen molar-refractivity contribution in [3.05, 3.63) is 60.7 Å². The third-order valence-corrected chi connectivity index (χ3v) is 3.35. The smallest absolute Gasteiger partial charge is 0.163 e. The molecule has 0 radical (unpaired) electrons. The average Bonchev–Trinajstić information content (AvgIpc) is 2.94. The second kappa shape index (κ2) is 5.75. The summed E-state index contributed by atoms with van der Waals surface area (Å²) >= 11 is 0. The Hall–Kier alpha value is -2.69. The predicted molar refractivity (Wildman–Crippen MR) is 82.7 cm³/mol. The van der Waals surface area contributed by atoms with Crippen LogP contribution in [0.1, 0.15) is 18.7 Å². The van der Waals surface area contributed by atoms with E-state index in [0.717, 1.165) is 22.8 Å². The molecule has 2 aromatic heterocycles. The SMILES string of the molecule is CC(Nc1cccc(-c2nncn2C)c1)c1ccccn1. The lowest BCUT2D eigenvalue weighted by Crippen LogP contribution is -2.08. The van der Waals surface area contributed by atoms with E-state index in [-0.39, 0.29) is 6.04 Å². The normalized spacial score (nSPS) is 12.1. The van der Waals surface area contributed by atoms with E-state index >= 15 is 0 Å². The van der Waals surface area contributed by atoms with Crippen molar-refractivity contribution < 1.29 is 0 Å². The number of rotatable bonds is 4. The molecular weight excluding hydrogens is 262 g/mol. The minimum Gasteiger partial charge on any atom is -0.377 e. The van der Waals surface area contributed by atoms with Gasteiger partial charge in [-0.15, -0.1) is 10.2 Å². The predicted octanol–water partition coefficient (Wildman–Crippen LogP) is 3.05. The highest BCUT2D eigenvalue weighted by Crippen LogP contribution is 2.23. The number of hydrogen-bond donors (Lipinski definition) is 1. The van der Waals surface area contributed by atoms with Crippen LogP contribution in [0.4, 0.5) is 5.69 Å². The Kier molecular flexibility index (Phi) is 3.64. The summed E-state index contributed by atoms with van der Waals surface area (Å²) in [5.41, 5.74) is 3.09. The number of aromatic nitrogens is 4. The summed E-state index contributed by atoms with van der Waals surface area (Å²) in [6, 6.07) is 14.2. The van der Waals surface area contributed by atoms with Crippen molar-refractivity contribution in [1.82, 2.24) is 19.7 Å². The van der Waals surface area contributed by atoms with Gasteiger partial charge in [-0.05, 0) is 31.2 Å². The maximum Gasteiger partial charge on any atom is 0.163 e. The standard InChI is InChI=1S/C16H17N5/c1-12(15-8-3-4-9-17-15)19-14-7-5-6-13(10-14)16-20-18-11-21(16)2/h3-12,19H,1-2H3. The summed E-state index contributed by atoms with van der Waals surface area (Å²) in [4.78, 5) is 4.37. The van der Waals surface area contributed by atoms with Crippen molar-refractivity contribution in [2.45, 2.75) is 13.0 Å². The topological polar surface area (TPSA) is 55.6 Å². The number of aryl methyl sites for hydroxylation is 1. The van der Waals surface area contributed by atoms with Crippen molar-refractivity contribution in [2.75, 3.05) is 5.32 Å². The maximum atomic E-state index is 4.37. The highest BCUT2D eigenvalue weighted by molar-refractivity contribution is 5.62. The summed E-state index contributed by atoms with van der Waals surface area (Å²) in [5.74, 6) is 0.851. The fourth-order valence-corrected chi connectivity index (χ4v) is 2.25. The Morgan fingerprint density at radius 1 is 1.14 bits per heavy atom. The molecule has 3 rings (SSSR count). The lowest BCUT2D eigenvalue weighted by atomic mass is 10.1. The van der Waals surface area contributed by atoms with Gasteiger partial charge >= 0.3 is 0 Å². The number of nitrogens with one attached hydrogen (secondary N) is 1. The molecule has 0 aliphatic carbocycles. The van der Waals surface area contributed by atoms with E-state index in [2.05, 4.69) is 33.5 Å². The van der Waals surface area contributed by atoms with Gasteiger partial charge in [0.1, 0.15) is 6.33 Å². The van der Waals surface area contributed by atoms with Gasteiger partial charge in [0.05, 0.1) is 11.7 Å². The molecule has 1 unspecified atom stereocenters. The van der Waals surface area contributed by atoms with E-state index in [9.17, 15) is 0 Å². The number of pyridine rings is 1. The van der Waals surface area contributed by atoms with E-state index in [1.165, 1.54) is 0 Å². The van der Waals surface area contributed by atoms with Gasteiger partial charge in [0.2, 0.25) is 0 Å². The van der Waals surface area contributed by atoms with Gasteiger partial charge in [-0.1, -0.05) is 18.2 Å². The lowest BCUT2D eigenvalue weighted by Gasteiger charge is -2.15. The second-order valence-corrected chi connectivity index (χ2v) is 4.97. The van der Waals surface area contributed by atoms with Crippen LogP contribution in [-0.2, 0) is 7.05 Å². The van der Waals surface area contributed by atoms with E-state index in [1.807, 2.05) is 54.2 Å². The van der Waals surface area contributed by atoms with Crippen LogP contribution in [-0.4, -0.2) is 19.7 Å². The maximum absolute atomic E-state index is 4.37. The van der Waals surface area contributed by atoms with Crippen LogP contribution in [0.15, 0.2) is 55.0 Å². The zero-order chi connectivity index (χ0) is 14.7. The molecule has 3 aromatic rings. The van der Waals surface area contributed by atoms with Gasteiger partial charge in [0.15, 0.2) is 5.82 Å². The lowest BCUT2D eigenvalue weighted by molar-refractivity contribution is 0.839. The molecule has 0 saturated heterocycles. The number of nitrogens with zero attached hydrogens (tertiary/aromatic N) is 4. The fraction of sp³-hybridized carbons (Fsp3) is 0.188. The molecule has 1 atom stereocenters. The third-order valence-electron chi connectivity index (χ3n) is 3.35. The summed E-state index contributed by atoms with van der Waals surface area (Å²) < 4.78 is 1.90. The minimum atomic E-state index is 0.140. The third kappa shape index (κ3) is 2.91. The summed E-state index contributed by atoms with van der Waals surface area (Å²) in [5, 5.41) is 11.5. The van der Waals surface area contributed by atoms with Crippen LogP contribution in [0.25, 0.3) is 11.4 Å². The molecule has 0 saturated carbocycles. The first kappa shape index (κ1) is 13.3. The molecule has 2 heterocycles. The first-order valence-electron chi connectivity index (χ1n) is 6.86. The molecule has 0 fully saturated rings. The second-order valence-electron chi connectivity index (χ2n) is 4.97. The summed E-state index contributed by atoms with van der Waals surface area (Å²) in [6.45, 7) is 2.09. The average molecular weight is 279 g/mol.